The van der Waals surface area contributed by atoms with E-state index < -0.39 is 0 Å². The van der Waals surface area contributed by atoms with Crippen molar-refractivity contribution in [3.63, 3.8) is 0 Å². The van der Waals surface area contributed by atoms with Crippen molar-refractivity contribution >= 4 is 5.91 Å². The van der Waals surface area contributed by atoms with Gasteiger partial charge in [-0.25, -0.2) is 0 Å². The number of carbonyl (C=O) groups is 1. The summed E-state index contributed by atoms with van der Waals surface area (Å²) < 4.78 is 5.92. The highest BCUT2D eigenvalue weighted by molar-refractivity contribution is 5.92. The molecule has 33 heavy (non-hydrogen) atoms. The van der Waals surface area contributed by atoms with Crippen molar-refractivity contribution in [2.75, 3.05) is 46.3 Å². The Bertz CT molecular complexity index is 1080. The Labute approximate surface area is 194 Å². The maximum absolute atomic E-state index is 13.4. The summed E-state index contributed by atoms with van der Waals surface area (Å²) in [5, 5.41) is 8.99. The minimum atomic E-state index is -0.140. The minimum absolute atomic E-state index is 0.140. The Morgan fingerprint density at radius 1 is 1.09 bits per heavy atom. The minimum Gasteiger partial charge on any atom is -0.451 e. The fourth-order valence-electron chi connectivity index (χ4n) is 3.97. The van der Waals surface area contributed by atoms with Crippen LogP contribution in [0.1, 0.15) is 28.2 Å². The highest BCUT2D eigenvalue weighted by Gasteiger charge is 2.21. The zero-order chi connectivity index (χ0) is 23.0. The first-order chi connectivity index (χ1) is 16.1. The number of hydrogen-bond donors (Lipinski definition) is 0. The number of furan rings is 1. The monoisotopic (exact) mass is 443 g/mol. The van der Waals surface area contributed by atoms with Crippen LogP contribution in [0.15, 0.2) is 65.2 Å². The van der Waals surface area contributed by atoms with Gasteiger partial charge in [-0.3, -0.25) is 9.78 Å². The molecule has 7 nitrogen and oxygen atoms in total. The highest BCUT2D eigenvalue weighted by atomic mass is 16.4. The van der Waals surface area contributed by atoms with E-state index in [9.17, 15) is 4.79 Å². The molecule has 1 aliphatic heterocycles. The lowest BCUT2D eigenvalue weighted by atomic mass is 10.1. The maximum atomic E-state index is 13.4. The summed E-state index contributed by atoms with van der Waals surface area (Å²) in [6, 6.07) is 18.5. The normalized spacial score (nSPS) is 14.7. The largest absolute Gasteiger partial charge is 0.451 e. The van der Waals surface area contributed by atoms with Crippen molar-refractivity contribution in [3.05, 3.63) is 77.8 Å². The van der Waals surface area contributed by atoms with Gasteiger partial charge in [0.2, 0.25) is 0 Å². The van der Waals surface area contributed by atoms with Crippen molar-refractivity contribution in [3.8, 4) is 17.4 Å². The first kappa shape index (κ1) is 22.7. The summed E-state index contributed by atoms with van der Waals surface area (Å²) in [5.41, 5.74) is 2.27. The van der Waals surface area contributed by atoms with Crippen LogP contribution < -0.4 is 0 Å². The van der Waals surface area contributed by atoms with Gasteiger partial charge in [-0.1, -0.05) is 6.07 Å². The summed E-state index contributed by atoms with van der Waals surface area (Å²) in [6.07, 6.45) is 2.64. The van der Waals surface area contributed by atoms with Gasteiger partial charge >= 0.3 is 0 Å². The molecule has 3 aromatic rings. The number of rotatable bonds is 8. The predicted octanol–water partition coefficient (Wildman–Crippen LogP) is 3.49. The second-order valence-electron chi connectivity index (χ2n) is 8.40. The molecule has 0 aliphatic carbocycles. The number of nitriles is 1. The van der Waals surface area contributed by atoms with Crippen molar-refractivity contribution in [1.29, 1.82) is 5.26 Å². The number of piperazine rings is 1. The summed E-state index contributed by atoms with van der Waals surface area (Å²) in [4.78, 5) is 24.4. The Morgan fingerprint density at radius 3 is 2.58 bits per heavy atom. The molecule has 1 amide bonds. The first-order valence-corrected chi connectivity index (χ1v) is 11.3. The molecule has 0 spiro atoms. The van der Waals surface area contributed by atoms with Crippen LogP contribution in [0.2, 0.25) is 0 Å². The number of hydrogen-bond acceptors (Lipinski definition) is 6. The van der Waals surface area contributed by atoms with E-state index >= 15 is 0 Å². The molecule has 0 saturated carbocycles. The van der Waals surface area contributed by atoms with E-state index in [0.29, 0.717) is 30.2 Å². The maximum Gasteiger partial charge on any atom is 0.289 e. The lowest BCUT2D eigenvalue weighted by Crippen LogP contribution is -2.45. The van der Waals surface area contributed by atoms with Crippen LogP contribution in [-0.2, 0) is 6.54 Å². The van der Waals surface area contributed by atoms with Gasteiger partial charge in [0.15, 0.2) is 5.76 Å². The van der Waals surface area contributed by atoms with Gasteiger partial charge in [0.05, 0.1) is 23.9 Å². The molecular weight excluding hydrogens is 414 g/mol. The summed E-state index contributed by atoms with van der Waals surface area (Å²) in [7, 11) is 2.15. The summed E-state index contributed by atoms with van der Waals surface area (Å²) in [6.45, 7) is 6.34. The standard InChI is InChI=1S/C26H29N5O2/c1-29-15-17-30(18-16-29)13-4-14-31(20-23-5-2-3-12-28-23)26(32)25-11-10-24(33-25)22-8-6-21(19-27)7-9-22/h2-3,5-12H,4,13-18,20H2,1H3. The van der Waals surface area contributed by atoms with Crippen LogP contribution >= 0.6 is 0 Å². The molecule has 0 radical (unpaired) electrons. The van der Waals surface area contributed by atoms with Gasteiger partial charge in [0, 0.05) is 44.5 Å². The molecule has 7 heteroatoms. The average molecular weight is 444 g/mol. The third-order valence-electron chi connectivity index (χ3n) is 5.98. The number of amides is 1. The van der Waals surface area contributed by atoms with Crippen molar-refractivity contribution < 1.29 is 9.21 Å². The lowest BCUT2D eigenvalue weighted by Gasteiger charge is -2.32. The van der Waals surface area contributed by atoms with Crippen LogP contribution in [0.25, 0.3) is 11.3 Å². The highest BCUT2D eigenvalue weighted by Crippen LogP contribution is 2.24. The quantitative estimate of drug-likeness (QED) is 0.530. The fraction of sp³-hybridized carbons (Fsp3) is 0.346. The zero-order valence-electron chi connectivity index (χ0n) is 19.0. The van der Waals surface area contributed by atoms with Gasteiger partial charge in [0.1, 0.15) is 5.76 Å². The number of pyridine rings is 1. The molecule has 170 valence electrons. The molecule has 0 N–H and O–H groups in total. The van der Waals surface area contributed by atoms with E-state index in [1.165, 1.54) is 0 Å². The SMILES string of the molecule is CN1CCN(CCCN(Cc2ccccn2)C(=O)c2ccc(-c3ccc(C#N)cc3)o2)CC1. The van der Waals surface area contributed by atoms with Crippen LogP contribution in [0.5, 0.6) is 0 Å². The molecule has 1 fully saturated rings. The van der Waals surface area contributed by atoms with Crippen molar-refractivity contribution in [2.45, 2.75) is 13.0 Å². The number of aromatic nitrogens is 1. The van der Waals surface area contributed by atoms with Gasteiger partial charge in [-0.2, -0.15) is 5.26 Å². The van der Waals surface area contributed by atoms with E-state index in [1.807, 2.05) is 35.2 Å². The van der Waals surface area contributed by atoms with Crippen LogP contribution in [-0.4, -0.2) is 71.9 Å². The van der Waals surface area contributed by atoms with Gasteiger partial charge in [-0.05, 0) is 68.5 Å². The molecule has 0 atom stereocenters. The summed E-state index contributed by atoms with van der Waals surface area (Å²) >= 11 is 0. The van der Waals surface area contributed by atoms with E-state index in [0.717, 1.165) is 50.4 Å². The Kier molecular flexibility index (Phi) is 7.51. The Morgan fingerprint density at radius 2 is 1.88 bits per heavy atom. The van der Waals surface area contributed by atoms with E-state index in [-0.39, 0.29) is 5.91 Å². The molecule has 1 aromatic carbocycles. The average Bonchev–Trinajstić information content (AvgIpc) is 3.35. The molecular formula is C26H29N5O2. The van der Waals surface area contributed by atoms with Gasteiger partial charge < -0.3 is 19.1 Å². The molecule has 0 unspecified atom stereocenters. The molecule has 4 rings (SSSR count). The third kappa shape index (κ3) is 6.07. The van der Waals surface area contributed by atoms with Crippen molar-refractivity contribution in [2.24, 2.45) is 0 Å². The van der Waals surface area contributed by atoms with Gasteiger partial charge in [0.25, 0.3) is 5.91 Å². The second-order valence-corrected chi connectivity index (χ2v) is 8.40. The van der Waals surface area contributed by atoms with E-state index in [1.54, 1.807) is 30.5 Å². The Balaban J connectivity index is 1.44. The van der Waals surface area contributed by atoms with Crippen molar-refractivity contribution in [1.82, 2.24) is 19.7 Å². The molecule has 2 aromatic heterocycles. The molecule has 0 bridgehead atoms. The molecule has 1 saturated heterocycles. The Hall–Kier alpha value is -3.47. The predicted molar refractivity (Wildman–Crippen MR) is 126 cm³/mol. The smallest absolute Gasteiger partial charge is 0.289 e. The zero-order valence-corrected chi connectivity index (χ0v) is 19.0. The topological polar surface area (TPSA) is 76.6 Å². The molecule has 3 heterocycles. The number of benzene rings is 1. The number of nitrogens with zero attached hydrogens (tertiary/aromatic N) is 5. The first-order valence-electron chi connectivity index (χ1n) is 11.3. The third-order valence-corrected chi connectivity index (χ3v) is 5.98. The van der Waals surface area contributed by atoms with Crippen LogP contribution in [0.4, 0.5) is 0 Å². The lowest BCUT2D eigenvalue weighted by molar-refractivity contribution is 0.0695. The van der Waals surface area contributed by atoms with Gasteiger partial charge in [-0.15, -0.1) is 0 Å². The number of carbonyl (C=O) groups excluding carboxylic acids is 1. The molecule has 1 aliphatic rings. The van der Waals surface area contributed by atoms with E-state index in [2.05, 4.69) is 27.9 Å². The summed E-state index contributed by atoms with van der Waals surface area (Å²) in [5.74, 6) is 0.780. The second kappa shape index (κ2) is 10.9. The van der Waals surface area contributed by atoms with E-state index in [4.69, 9.17) is 9.68 Å². The van der Waals surface area contributed by atoms with Crippen LogP contribution in [0, 0.1) is 11.3 Å². The number of likely N-dealkylation sites (N-methyl/N-ethyl adjacent to an activating group) is 1. The fourth-order valence-corrected chi connectivity index (χ4v) is 3.97. The van der Waals surface area contributed by atoms with Crippen LogP contribution in [0.3, 0.4) is 0 Å².